The lowest BCUT2D eigenvalue weighted by Crippen LogP contribution is -2.01. The quantitative estimate of drug-likeness (QED) is 0.233. The number of aryl methyl sites for hydroxylation is 1. The van der Waals surface area contributed by atoms with Crippen LogP contribution in [0, 0.1) is 17.6 Å². The van der Waals surface area contributed by atoms with Crippen LogP contribution >= 0.6 is 0 Å². The Kier molecular flexibility index (Phi) is 3.75. The molecule has 2 nitrogen and oxygen atoms in total. The van der Waals surface area contributed by atoms with Gasteiger partial charge in [-0.05, 0) is 18.1 Å². The molecule has 0 aromatic heterocycles. The van der Waals surface area contributed by atoms with E-state index in [1.165, 1.54) is 7.05 Å². The zero-order chi connectivity index (χ0) is 10.4. The second kappa shape index (κ2) is 5.08. The number of hydrogen-bond donors (Lipinski definition) is 0. The van der Waals surface area contributed by atoms with Crippen molar-refractivity contribution in [2.24, 2.45) is 0 Å². The van der Waals surface area contributed by atoms with Crippen LogP contribution in [0.1, 0.15) is 17.5 Å². The number of hydroxylamine groups is 1. The van der Waals surface area contributed by atoms with Crippen molar-refractivity contribution >= 4 is 6.21 Å². The lowest BCUT2D eigenvalue weighted by Gasteiger charge is -2.02. The van der Waals surface area contributed by atoms with E-state index in [1.54, 1.807) is 6.21 Å². The van der Waals surface area contributed by atoms with Crippen LogP contribution in [0.4, 0.5) is 0 Å². The van der Waals surface area contributed by atoms with E-state index < -0.39 is 0 Å². The fourth-order valence-corrected chi connectivity index (χ4v) is 1.29. The second-order valence-corrected chi connectivity index (χ2v) is 3.08. The first-order valence-corrected chi connectivity index (χ1v) is 4.50. The molecule has 0 atom stereocenters. The van der Waals surface area contributed by atoms with Crippen LogP contribution < -0.4 is 0 Å². The molecule has 0 saturated carbocycles. The Morgan fingerprint density at radius 2 is 2.21 bits per heavy atom. The molecule has 0 unspecified atom stereocenters. The third-order valence-corrected chi connectivity index (χ3v) is 1.91. The van der Waals surface area contributed by atoms with Crippen LogP contribution in [0.25, 0.3) is 0 Å². The van der Waals surface area contributed by atoms with Crippen LogP contribution in [0.15, 0.2) is 24.3 Å². The van der Waals surface area contributed by atoms with Crippen LogP contribution in [-0.2, 0) is 6.42 Å². The number of hydrogen-bond acceptors (Lipinski definition) is 1. The van der Waals surface area contributed by atoms with Gasteiger partial charge in [-0.2, -0.15) is 0 Å². The minimum atomic E-state index is 0.702. The molecule has 2 heteroatoms. The SMILES string of the molecule is C#CCCc1ccccc1C=[N+](C)[O-]. The van der Waals surface area contributed by atoms with Crippen molar-refractivity contribution in [3.8, 4) is 12.3 Å². The normalized spacial score (nSPS) is 11.0. The highest BCUT2D eigenvalue weighted by atomic mass is 16.5. The number of terminal acetylenes is 1. The third-order valence-electron chi connectivity index (χ3n) is 1.91. The van der Waals surface area contributed by atoms with E-state index in [2.05, 4.69) is 5.92 Å². The van der Waals surface area contributed by atoms with E-state index in [4.69, 9.17) is 6.42 Å². The molecule has 0 aliphatic heterocycles. The molecule has 72 valence electrons. The number of nitrogens with zero attached hydrogens (tertiary/aromatic N) is 1. The topological polar surface area (TPSA) is 26.1 Å². The highest BCUT2D eigenvalue weighted by molar-refractivity contribution is 5.78. The largest absolute Gasteiger partial charge is 0.624 e. The minimum absolute atomic E-state index is 0.702. The van der Waals surface area contributed by atoms with Crippen molar-refractivity contribution in [1.29, 1.82) is 0 Å². The molecule has 0 aliphatic carbocycles. The Labute approximate surface area is 84.5 Å². The first-order chi connectivity index (χ1) is 6.74. The average Bonchev–Trinajstić information content (AvgIpc) is 2.16. The molecular formula is C12H13NO. The highest BCUT2D eigenvalue weighted by Crippen LogP contribution is 2.08. The molecule has 1 rings (SSSR count). The Hall–Kier alpha value is -1.75. The van der Waals surface area contributed by atoms with E-state index >= 15 is 0 Å². The molecule has 0 fully saturated rings. The zero-order valence-corrected chi connectivity index (χ0v) is 8.23. The maximum absolute atomic E-state index is 10.9. The third kappa shape index (κ3) is 2.95. The fraction of sp³-hybridized carbons (Fsp3) is 0.250. The second-order valence-electron chi connectivity index (χ2n) is 3.08. The average molecular weight is 187 g/mol. The van der Waals surface area contributed by atoms with Crippen molar-refractivity contribution in [2.45, 2.75) is 12.8 Å². The van der Waals surface area contributed by atoms with Gasteiger partial charge in [0.15, 0.2) is 6.21 Å². The van der Waals surface area contributed by atoms with Crippen molar-refractivity contribution in [3.05, 3.63) is 40.6 Å². The van der Waals surface area contributed by atoms with Gasteiger partial charge >= 0.3 is 0 Å². The molecule has 0 spiro atoms. The van der Waals surface area contributed by atoms with E-state index in [9.17, 15) is 5.21 Å². The van der Waals surface area contributed by atoms with Crippen molar-refractivity contribution in [1.82, 2.24) is 0 Å². The first-order valence-electron chi connectivity index (χ1n) is 4.50. The molecule has 1 aromatic rings. The van der Waals surface area contributed by atoms with Crippen molar-refractivity contribution in [2.75, 3.05) is 7.05 Å². The van der Waals surface area contributed by atoms with Crippen LogP contribution in [-0.4, -0.2) is 18.0 Å². The van der Waals surface area contributed by atoms with Gasteiger partial charge in [0.25, 0.3) is 0 Å². The van der Waals surface area contributed by atoms with E-state index in [-0.39, 0.29) is 0 Å². The Balaban J connectivity index is 2.92. The van der Waals surface area contributed by atoms with Crippen LogP contribution in [0.5, 0.6) is 0 Å². The van der Waals surface area contributed by atoms with Gasteiger partial charge in [0.2, 0.25) is 0 Å². The summed E-state index contributed by atoms with van der Waals surface area (Å²) in [5.41, 5.74) is 2.06. The summed E-state index contributed by atoms with van der Waals surface area (Å²) in [6.07, 6.45) is 8.27. The van der Waals surface area contributed by atoms with Gasteiger partial charge in [-0.1, -0.05) is 18.2 Å². The maximum Gasteiger partial charge on any atom is 0.181 e. The predicted molar refractivity (Wildman–Crippen MR) is 58.3 cm³/mol. The lowest BCUT2D eigenvalue weighted by atomic mass is 10.0. The minimum Gasteiger partial charge on any atom is -0.624 e. The molecule has 0 heterocycles. The molecule has 0 bridgehead atoms. The van der Waals surface area contributed by atoms with Crippen molar-refractivity contribution in [3.63, 3.8) is 0 Å². The Bertz CT molecular complexity index is 370. The molecular weight excluding hydrogens is 174 g/mol. The molecule has 0 N–H and O–H groups in total. The van der Waals surface area contributed by atoms with Crippen molar-refractivity contribution < 1.29 is 4.74 Å². The summed E-state index contributed by atoms with van der Waals surface area (Å²) in [7, 11) is 1.47. The van der Waals surface area contributed by atoms with E-state index in [0.717, 1.165) is 22.3 Å². The predicted octanol–water partition coefficient (Wildman–Crippen LogP) is 1.81. The summed E-state index contributed by atoms with van der Waals surface area (Å²) in [6, 6.07) is 7.77. The van der Waals surface area contributed by atoms with Gasteiger partial charge in [0.05, 0.1) is 0 Å². The van der Waals surface area contributed by atoms with Gasteiger partial charge < -0.3 is 5.21 Å². The summed E-state index contributed by atoms with van der Waals surface area (Å²) in [5.74, 6) is 2.59. The monoisotopic (exact) mass is 187 g/mol. The standard InChI is InChI=1S/C12H13NO/c1-3-4-7-11-8-5-6-9-12(11)10-13(2)14/h1,5-6,8-10H,4,7H2,2H3. The van der Waals surface area contributed by atoms with E-state index in [0.29, 0.717) is 6.42 Å². The maximum atomic E-state index is 10.9. The molecule has 0 amide bonds. The summed E-state index contributed by atoms with van der Waals surface area (Å²) in [4.78, 5) is 0. The Morgan fingerprint density at radius 3 is 2.86 bits per heavy atom. The summed E-state index contributed by atoms with van der Waals surface area (Å²) < 4.78 is 0.800. The number of rotatable bonds is 3. The van der Waals surface area contributed by atoms with E-state index in [1.807, 2.05) is 24.3 Å². The molecule has 0 aliphatic rings. The Morgan fingerprint density at radius 1 is 1.50 bits per heavy atom. The van der Waals surface area contributed by atoms with Crippen LogP contribution in [0.2, 0.25) is 0 Å². The lowest BCUT2D eigenvalue weighted by molar-refractivity contribution is -0.416. The summed E-state index contributed by atoms with van der Waals surface area (Å²) in [6.45, 7) is 0. The first kappa shape index (κ1) is 10.3. The van der Waals surface area contributed by atoms with Gasteiger partial charge in [0, 0.05) is 12.0 Å². The smallest absolute Gasteiger partial charge is 0.181 e. The van der Waals surface area contributed by atoms with Crippen LogP contribution in [0.3, 0.4) is 0 Å². The van der Waals surface area contributed by atoms with Gasteiger partial charge in [-0.25, -0.2) is 4.74 Å². The molecule has 0 radical (unpaired) electrons. The number of benzene rings is 1. The molecule has 0 saturated heterocycles. The highest BCUT2D eigenvalue weighted by Gasteiger charge is 2.00. The van der Waals surface area contributed by atoms with Gasteiger partial charge in [0.1, 0.15) is 7.05 Å². The molecule has 1 aromatic carbocycles. The van der Waals surface area contributed by atoms with Gasteiger partial charge in [-0.15, -0.1) is 12.3 Å². The van der Waals surface area contributed by atoms with Gasteiger partial charge in [-0.3, -0.25) is 0 Å². The summed E-state index contributed by atoms with van der Waals surface area (Å²) >= 11 is 0. The fourth-order valence-electron chi connectivity index (χ4n) is 1.29. The zero-order valence-electron chi connectivity index (χ0n) is 8.23. The summed E-state index contributed by atoms with van der Waals surface area (Å²) in [5, 5.41) is 10.9. The molecule has 14 heavy (non-hydrogen) atoms.